The van der Waals surface area contributed by atoms with Gasteiger partial charge >= 0.3 is 0 Å². The normalized spacial score (nSPS) is 38.2. The van der Waals surface area contributed by atoms with E-state index in [1.54, 1.807) is 12.7 Å². The standard InChI is InChI=1S/C25H33NO2/c1-26-13-12-25-19-10-8-18(14-16-6-4-3-5-7-16)24(25)28-23-21(27-2)11-9-17(22(23)25)15-20(19)26/h9,11,14,16,19-20,24H,3-8,10,12-13,15H2,1-2H3/b18-14+/t19-,20+,24-,25-/m0/s1. The molecule has 150 valence electrons. The number of rotatable bonds is 2. The van der Waals surface area contributed by atoms with Gasteiger partial charge in [0.1, 0.15) is 6.10 Å². The van der Waals surface area contributed by atoms with Crippen LogP contribution in [-0.4, -0.2) is 37.7 Å². The SMILES string of the molecule is COc1ccc2c3c1O[C@H]1/C(=C/C4CCCCC4)CC[C@H]4[C@@H](C2)N(C)CC[C@]314. The van der Waals surface area contributed by atoms with Gasteiger partial charge in [0.2, 0.25) is 0 Å². The summed E-state index contributed by atoms with van der Waals surface area (Å²) in [6.45, 7) is 1.19. The lowest BCUT2D eigenvalue weighted by Gasteiger charge is -2.58. The molecule has 0 amide bonds. The zero-order valence-corrected chi connectivity index (χ0v) is 17.4. The number of nitrogens with zero attached hydrogens (tertiary/aromatic N) is 1. The van der Waals surface area contributed by atoms with E-state index >= 15 is 0 Å². The number of ether oxygens (including phenoxy) is 2. The summed E-state index contributed by atoms with van der Waals surface area (Å²) in [4.78, 5) is 2.63. The van der Waals surface area contributed by atoms with Crippen LogP contribution in [0.3, 0.4) is 0 Å². The quantitative estimate of drug-likeness (QED) is 0.684. The lowest BCUT2D eigenvalue weighted by molar-refractivity contribution is -0.0220. The summed E-state index contributed by atoms with van der Waals surface area (Å²) < 4.78 is 12.6. The molecule has 3 aliphatic carbocycles. The first-order valence-electron chi connectivity index (χ1n) is 11.5. The topological polar surface area (TPSA) is 21.7 Å². The molecule has 0 N–H and O–H groups in total. The predicted octanol–water partition coefficient (Wildman–Crippen LogP) is 4.87. The number of likely N-dealkylation sites (N-methyl/N-ethyl adjacent to an activating group) is 1. The smallest absolute Gasteiger partial charge is 0.166 e. The first kappa shape index (κ1) is 17.4. The van der Waals surface area contributed by atoms with Crippen LogP contribution in [0, 0.1) is 11.8 Å². The summed E-state index contributed by atoms with van der Waals surface area (Å²) in [6.07, 6.45) is 14.8. The van der Waals surface area contributed by atoms with Crippen molar-refractivity contribution in [2.45, 2.75) is 75.3 Å². The van der Waals surface area contributed by atoms with Gasteiger partial charge in [0.05, 0.1) is 7.11 Å². The van der Waals surface area contributed by atoms with Gasteiger partial charge in [0.15, 0.2) is 11.5 Å². The van der Waals surface area contributed by atoms with Crippen LogP contribution in [0.4, 0.5) is 0 Å². The van der Waals surface area contributed by atoms with Crippen LogP contribution in [0.5, 0.6) is 11.5 Å². The van der Waals surface area contributed by atoms with Crippen LogP contribution in [0.15, 0.2) is 23.8 Å². The van der Waals surface area contributed by atoms with E-state index in [9.17, 15) is 0 Å². The first-order chi connectivity index (χ1) is 13.7. The Kier molecular flexibility index (Phi) is 3.88. The molecule has 1 aromatic carbocycles. The molecule has 1 saturated heterocycles. The third-order valence-corrected chi connectivity index (χ3v) is 8.78. The number of hydrogen-bond donors (Lipinski definition) is 0. The minimum atomic E-state index is 0.188. The zero-order valence-electron chi connectivity index (χ0n) is 17.4. The van der Waals surface area contributed by atoms with Crippen LogP contribution in [0.25, 0.3) is 0 Å². The largest absolute Gasteiger partial charge is 0.493 e. The number of allylic oxidation sites excluding steroid dienone is 1. The fourth-order valence-corrected chi connectivity index (χ4v) is 7.52. The zero-order chi connectivity index (χ0) is 18.9. The molecule has 5 aliphatic rings. The van der Waals surface area contributed by atoms with Crippen molar-refractivity contribution >= 4 is 0 Å². The average Bonchev–Trinajstić information content (AvgIpc) is 3.08. The van der Waals surface area contributed by atoms with E-state index in [4.69, 9.17) is 9.47 Å². The van der Waals surface area contributed by atoms with Gasteiger partial charge in [-0.3, -0.25) is 0 Å². The summed E-state index contributed by atoms with van der Waals surface area (Å²) in [7, 11) is 4.13. The van der Waals surface area contributed by atoms with Crippen molar-refractivity contribution in [1.82, 2.24) is 4.90 Å². The Morgan fingerprint density at radius 1 is 1.18 bits per heavy atom. The Morgan fingerprint density at radius 2 is 2.04 bits per heavy atom. The third kappa shape index (κ3) is 2.20. The molecule has 0 aromatic heterocycles. The van der Waals surface area contributed by atoms with Gasteiger partial charge < -0.3 is 14.4 Å². The molecule has 0 unspecified atom stereocenters. The van der Waals surface area contributed by atoms with Gasteiger partial charge in [-0.1, -0.05) is 31.4 Å². The Labute approximate surface area is 169 Å². The minimum Gasteiger partial charge on any atom is -0.493 e. The molecule has 2 heterocycles. The second-order valence-corrected chi connectivity index (χ2v) is 9.96. The number of likely N-dealkylation sites (tertiary alicyclic amines) is 1. The van der Waals surface area contributed by atoms with Gasteiger partial charge in [-0.15, -0.1) is 0 Å². The lowest BCUT2D eigenvalue weighted by atomic mass is 9.51. The van der Waals surface area contributed by atoms with Gasteiger partial charge in [-0.2, -0.15) is 0 Å². The van der Waals surface area contributed by atoms with Gasteiger partial charge in [0.25, 0.3) is 0 Å². The Balaban J connectivity index is 1.50. The molecule has 1 aromatic rings. The van der Waals surface area contributed by atoms with Crippen LogP contribution in [0.2, 0.25) is 0 Å². The van der Waals surface area contributed by atoms with Crippen molar-refractivity contribution < 1.29 is 9.47 Å². The number of hydrogen-bond acceptors (Lipinski definition) is 3. The predicted molar refractivity (Wildman–Crippen MR) is 111 cm³/mol. The van der Waals surface area contributed by atoms with E-state index in [2.05, 4.69) is 30.2 Å². The Morgan fingerprint density at radius 3 is 2.86 bits per heavy atom. The monoisotopic (exact) mass is 379 g/mol. The fraction of sp³-hybridized carbons (Fsp3) is 0.680. The molecular weight excluding hydrogens is 346 g/mol. The molecule has 6 rings (SSSR count). The molecule has 2 aliphatic heterocycles. The first-order valence-corrected chi connectivity index (χ1v) is 11.5. The molecule has 3 nitrogen and oxygen atoms in total. The van der Waals surface area contributed by atoms with Crippen molar-refractivity contribution in [3.05, 3.63) is 34.9 Å². The summed E-state index contributed by atoms with van der Waals surface area (Å²) in [5, 5.41) is 0. The maximum atomic E-state index is 6.88. The molecule has 28 heavy (non-hydrogen) atoms. The van der Waals surface area contributed by atoms with Crippen molar-refractivity contribution in [1.29, 1.82) is 0 Å². The molecular formula is C25H33NO2. The van der Waals surface area contributed by atoms with Crippen LogP contribution in [-0.2, 0) is 11.8 Å². The van der Waals surface area contributed by atoms with Crippen molar-refractivity contribution in [3.63, 3.8) is 0 Å². The van der Waals surface area contributed by atoms with Crippen molar-refractivity contribution in [3.8, 4) is 11.5 Å². The summed E-state index contributed by atoms with van der Waals surface area (Å²) in [5.41, 5.74) is 4.84. The molecule has 3 fully saturated rings. The van der Waals surface area contributed by atoms with E-state index in [-0.39, 0.29) is 11.5 Å². The molecule has 0 radical (unpaired) electrons. The second kappa shape index (κ2) is 6.26. The number of benzene rings is 1. The highest BCUT2D eigenvalue weighted by Gasteiger charge is 2.64. The van der Waals surface area contributed by atoms with E-state index in [0.717, 1.165) is 23.3 Å². The average molecular weight is 380 g/mol. The van der Waals surface area contributed by atoms with E-state index in [0.29, 0.717) is 6.04 Å². The molecule has 3 heteroatoms. The van der Waals surface area contributed by atoms with E-state index in [1.165, 1.54) is 75.5 Å². The molecule has 1 spiro atoms. The van der Waals surface area contributed by atoms with E-state index < -0.39 is 0 Å². The second-order valence-electron chi connectivity index (χ2n) is 9.96. The number of piperidine rings is 1. The minimum absolute atomic E-state index is 0.188. The summed E-state index contributed by atoms with van der Waals surface area (Å²) in [5.74, 6) is 3.52. The van der Waals surface area contributed by atoms with Crippen molar-refractivity contribution in [2.75, 3.05) is 20.7 Å². The maximum Gasteiger partial charge on any atom is 0.166 e. The molecule has 2 bridgehead atoms. The fourth-order valence-electron chi connectivity index (χ4n) is 7.52. The van der Waals surface area contributed by atoms with Gasteiger partial charge in [-0.05, 0) is 81.2 Å². The highest BCUT2D eigenvalue weighted by atomic mass is 16.5. The van der Waals surface area contributed by atoms with Crippen LogP contribution < -0.4 is 9.47 Å². The highest BCUT2D eigenvalue weighted by molar-refractivity contribution is 5.62. The van der Waals surface area contributed by atoms with Gasteiger partial charge in [-0.25, -0.2) is 0 Å². The molecule has 2 saturated carbocycles. The summed E-state index contributed by atoms with van der Waals surface area (Å²) in [6, 6.07) is 5.14. The van der Waals surface area contributed by atoms with E-state index in [1.807, 2.05) is 0 Å². The van der Waals surface area contributed by atoms with Crippen LogP contribution in [0.1, 0.15) is 62.5 Å². The third-order valence-electron chi connectivity index (χ3n) is 8.78. The van der Waals surface area contributed by atoms with Gasteiger partial charge in [0, 0.05) is 17.0 Å². The molecule has 4 atom stereocenters. The van der Waals surface area contributed by atoms with Crippen molar-refractivity contribution in [2.24, 2.45) is 11.8 Å². The lowest BCUT2D eigenvalue weighted by Crippen LogP contribution is -2.63. The maximum absolute atomic E-state index is 6.88. The highest BCUT2D eigenvalue weighted by Crippen LogP contribution is 2.64. The number of methoxy groups -OCH3 is 1. The van der Waals surface area contributed by atoms with Crippen LogP contribution >= 0.6 is 0 Å². The Hall–Kier alpha value is -1.48. The Bertz CT molecular complexity index is 824. The summed E-state index contributed by atoms with van der Waals surface area (Å²) >= 11 is 0.